The van der Waals surface area contributed by atoms with Gasteiger partial charge in [0.15, 0.2) is 0 Å². The van der Waals surface area contributed by atoms with Gasteiger partial charge in [0.2, 0.25) is 0 Å². The number of para-hydroxylation sites is 1. The summed E-state index contributed by atoms with van der Waals surface area (Å²) in [6.07, 6.45) is 0. The molecule has 0 aliphatic heterocycles. The van der Waals surface area contributed by atoms with Crippen LogP contribution in [0.4, 0.5) is 0 Å². The van der Waals surface area contributed by atoms with Crippen molar-refractivity contribution in [3.63, 3.8) is 0 Å². The Bertz CT molecular complexity index is 1550. The maximum absolute atomic E-state index is 5.14. The highest BCUT2D eigenvalue weighted by molar-refractivity contribution is 9.10. The van der Waals surface area contributed by atoms with E-state index in [1.54, 1.807) is 0 Å². The Morgan fingerprint density at radius 3 is 2.07 bits per heavy atom. The number of hydrogen-bond donors (Lipinski definition) is 0. The molecular formula is C27H16BrN. The quantitative estimate of drug-likeness (QED) is 0.238. The van der Waals surface area contributed by atoms with Gasteiger partial charge < -0.3 is 0 Å². The summed E-state index contributed by atoms with van der Waals surface area (Å²) in [6, 6.07) is 34.3. The fourth-order valence-corrected chi connectivity index (χ4v) is 4.87. The summed E-state index contributed by atoms with van der Waals surface area (Å²) in [4.78, 5) is 5.14. The van der Waals surface area contributed by atoms with Gasteiger partial charge in [-0.1, -0.05) is 101 Å². The number of fused-ring (bicyclic) bond motifs is 6. The number of halogens is 1. The minimum Gasteiger partial charge on any atom is -0.247 e. The minimum atomic E-state index is 1.03. The lowest BCUT2D eigenvalue weighted by Gasteiger charge is -2.14. The first kappa shape index (κ1) is 16.7. The monoisotopic (exact) mass is 433 g/mol. The van der Waals surface area contributed by atoms with Gasteiger partial charge in [0.25, 0.3) is 0 Å². The van der Waals surface area contributed by atoms with Crippen molar-refractivity contribution in [3.05, 3.63) is 102 Å². The number of benzene rings is 5. The molecular weight excluding hydrogens is 418 g/mol. The Morgan fingerprint density at radius 2 is 1.21 bits per heavy atom. The van der Waals surface area contributed by atoms with Crippen LogP contribution in [-0.2, 0) is 0 Å². The van der Waals surface area contributed by atoms with Gasteiger partial charge in [-0.15, -0.1) is 0 Å². The zero-order valence-electron chi connectivity index (χ0n) is 15.6. The molecule has 1 nitrogen and oxygen atoms in total. The second kappa shape index (κ2) is 6.40. The molecule has 0 unspecified atom stereocenters. The Morgan fingerprint density at radius 1 is 0.517 bits per heavy atom. The smallest absolute Gasteiger partial charge is 0.0794 e. The predicted octanol–water partition coefficient (Wildman–Crippen LogP) is 8.12. The van der Waals surface area contributed by atoms with Gasteiger partial charge in [0.05, 0.1) is 11.2 Å². The molecule has 0 aliphatic rings. The molecule has 0 atom stereocenters. The highest BCUT2D eigenvalue weighted by Crippen LogP contribution is 2.40. The first-order valence-electron chi connectivity index (χ1n) is 9.69. The fourth-order valence-electron chi connectivity index (χ4n) is 4.40. The molecule has 0 N–H and O–H groups in total. The Hall–Kier alpha value is -3.23. The molecule has 1 aromatic heterocycles. The number of hydrogen-bond acceptors (Lipinski definition) is 1. The largest absolute Gasteiger partial charge is 0.247 e. The van der Waals surface area contributed by atoms with Gasteiger partial charge in [-0.25, -0.2) is 4.98 Å². The van der Waals surface area contributed by atoms with Crippen molar-refractivity contribution in [2.45, 2.75) is 0 Å². The molecule has 6 aromatic rings. The molecule has 0 saturated heterocycles. The second-order valence-corrected chi connectivity index (χ2v) is 8.18. The molecule has 0 saturated carbocycles. The standard InChI is InChI=1S/C27H16BrN/c28-24-16-15-21(19-9-3-4-10-20(19)24)27-23-14-13-17-7-1-2-8-18(17)26(23)22-11-5-6-12-25(22)29-27/h1-16H. The van der Waals surface area contributed by atoms with Crippen LogP contribution in [0.1, 0.15) is 0 Å². The lowest BCUT2D eigenvalue weighted by molar-refractivity contribution is 1.44. The van der Waals surface area contributed by atoms with Crippen molar-refractivity contribution < 1.29 is 0 Å². The average molecular weight is 434 g/mol. The first-order valence-corrected chi connectivity index (χ1v) is 10.5. The van der Waals surface area contributed by atoms with Crippen molar-refractivity contribution in [2.24, 2.45) is 0 Å². The van der Waals surface area contributed by atoms with E-state index in [1.807, 2.05) is 0 Å². The van der Waals surface area contributed by atoms with E-state index in [9.17, 15) is 0 Å². The van der Waals surface area contributed by atoms with E-state index in [0.29, 0.717) is 0 Å². The maximum atomic E-state index is 5.14. The van der Waals surface area contributed by atoms with Crippen LogP contribution in [0.5, 0.6) is 0 Å². The van der Waals surface area contributed by atoms with E-state index < -0.39 is 0 Å². The first-order chi connectivity index (χ1) is 14.3. The molecule has 0 amide bonds. The molecule has 5 aromatic carbocycles. The highest BCUT2D eigenvalue weighted by Gasteiger charge is 2.15. The van der Waals surface area contributed by atoms with Gasteiger partial charge in [-0.05, 0) is 33.7 Å². The molecule has 0 fully saturated rings. The van der Waals surface area contributed by atoms with Crippen LogP contribution in [0, 0.1) is 0 Å². The summed E-state index contributed by atoms with van der Waals surface area (Å²) >= 11 is 3.71. The summed E-state index contributed by atoms with van der Waals surface area (Å²) in [7, 11) is 0. The predicted molar refractivity (Wildman–Crippen MR) is 127 cm³/mol. The Labute approximate surface area is 176 Å². The van der Waals surface area contributed by atoms with Gasteiger partial charge in [0, 0.05) is 26.2 Å². The molecule has 0 bridgehead atoms. The van der Waals surface area contributed by atoms with Crippen molar-refractivity contribution in [1.29, 1.82) is 0 Å². The van der Waals surface area contributed by atoms with E-state index >= 15 is 0 Å². The zero-order valence-corrected chi connectivity index (χ0v) is 17.1. The van der Waals surface area contributed by atoms with Crippen molar-refractivity contribution in [1.82, 2.24) is 4.98 Å². The summed E-state index contributed by atoms with van der Waals surface area (Å²) in [5.41, 5.74) is 3.22. The molecule has 29 heavy (non-hydrogen) atoms. The van der Waals surface area contributed by atoms with Crippen molar-refractivity contribution >= 4 is 59.2 Å². The Balaban J connectivity index is 1.86. The summed E-state index contributed by atoms with van der Waals surface area (Å²) in [6.45, 7) is 0. The van der Waals surface area contributed by atoms with Crippen LogP contribution in [0.15, 0.2) is 102 Å². The van der Waals surface area contributed by atoms with Crippen molar-refractivity contribution in [3.8, 4) is 11.3 Å². The van der Waals surface area contributed by atoms with Crippen LogP contribution in [0.2, 0.25) is 0 Å². The Kier molecular flexibility index (Phi) is 3.68. The third-order valence-corrected chi connectivity index (χ3v) is 6.41. The molecule has 2 heteroatoms. The van der Waals surface area contributed by atoms with Gasteiger partial charge >= 0.3 is 0 Å². The SMILES string of the molecule is Brc1ccc(-c2nc3ccccc3c3c2ccc2ccccc23)c2ccccc12. The maximum Gasteiger partial charge on any atom is 0.0794 e. The normalized spacial score (nSPS) is 11.6. The molecule has 1 heterocycles. The zero-order chi connectivity index (χ0) is 19.4. The van der Waals surface area contributed by atoms with Gasteiger partial charge in [-0.3, -0.25) is 0 Å². The minimum absolute atomic E-state index is 1.03. The third-order valence-electron chi connectivity index (χ3n) is 5.72. The van der Waals surface area contributed by atoms with Crippen LogP contribution in [0.3, 0.4) is 0 Å². The van der Waals surface area contributed by atoms with E-state index in [-0.39, 0.29) is 0 Å². The molecule has 136 valence electrons. The van der Waals surface area contributed by atoms with Crippen LogP contribution in [0.25, 0.3) is 54.5 Å². The van der Waals surface area contributed by atoms with Crippen LogP contribution >= 0.6 is 15.9 Å². The lowest BCUT2D eigenvalue weighted by atomic mass is 9.93. The average Bonchev–Trinajstić information content (AvgIpc) is 2.79. The fraction of sp³-hybridized carbons (Fsp3) is 0. The highest BCUT2D eigenvalue weighted by atomic mass is 79.9. The lowest BCUT2D eigenvalue weighted by Crippen LogP contribution is -1.92. The van der Waals surface area contributed by atoms with Crippen LogP contribution < -0.4 is 0 Å². The van der Waals surface area contributed by atoms with Gasteiger partial charge in [0.1, 0.15) is 0 Å². The number of nitrogens with zero attached hydrogens (tertiary/aromatic N) is 1. The summed E-state index contributed by atoms with van der Waals surface area (Å²) < 4.78 is 1.10. The van der Waals surface area contributed by atoms with Crippen molar-refractivity contribution in [2.75, 3.05) is 0 Å². The van der Waals surface area contributed by atoms with Gasteiger partial charge in [-0.2, -0.15) is 0 Å². The van der Waals surface area contributed by atoms with E-state index in [0.717, 1.165) is 21.2 Å². The number of aromatic nitrogens is 1. The van der Waals surface area contributed by atoms with E-state index in [2.05, 4.69) is 113 Å². The third kappa shape index (κ3) is 2.49. The topological polar surface area (TPSA) is 12.9 Å². The molecule has 0 radical (unpaired) electrons. The van der Waals surface area contributed by atoms with E-state index in [4.69, 9.17) is 4.98 Å². The van der Waals surface area contributed by atoms with Crippen LogP contribution in [-0.4, -0.2) is 4.98 Å². The number of rotatable bonds is 1. The molecule has 0 aliphatic carbocycles. The summed E-state index contributed by atoms with van der Waals surface area (Å²) in [5.74, 6) is 0. The van der Waals surface area contributed by atoms with E-state index in [1.165, 1.54) is 37.7 Å². The molecule has 0 spiro atoms. The summed E-state index contributed by atoms with van der Waals surface area (Å²) in [5, 5.41) is 8.59. The number of pyridine rings is 1. The second-order valence-electron chi connectivity index (χ2n) is 7.33. The molecule has 6 rings (SSSR count).